The van der Waals surface area contributed by atoms with E-state index in [-0.39, 0.29) is 37.5 Å². The summed E-state index contributed by atoms with van der Waals surface area (Å²) in [6.45, 7) is 7.90. The van der Waals surface area contributed by atoms with Crippen LogP contribution in [-0.2, 0) is 23.9 Å². The highest BCUT2D eigenvalue weighted by atomic mass is 16.5. The van der Waals surface area contributed by atoms with Crippen LogP contribution in [0, 0.1) is 23.7 Å². The van der Waals surface area contributed by atoms with Gasteiger partial charge in [-0.25, -0.2) is 0 Å². The molecule has 5 atom stereocenters. The second kappa shape index (κ2) is 10.4. The normalized spacial score (nSPS) is 31.5. The molecule has 1 aliphatic carbocycles. The third-order valence-corrected chi connectivity index (χ3v) is 6.27. The van der Waals surface area contributed by atoms with Gasteiger partial charge in [0.05, 0.1) is 38.3 Å². The minimum atomic E-state index is -0.736. The number of morpholine rings is 1. The van der Waals surface area contributed by atoms with Crippen molar-refractivity contribution in [2.75, 3.05) is 59.2 Å². The maximum absolute atomic E-state index is 13.2. The van der Waals surface area contributed by atoms with Gasteiger partial charge in [-0.1, -0.05) is 19.1 Å². The molecular weight excluding hydrogens is 390 g/mol. The van der Waals surface area contributed by atoms with Crippen molar-refractivity contribution >= 4 is 17.8 Å². The summed E-state index contributed by atoms with van der Waals surface area (Å²) in [6, 6.07) is -0.736. The zero-order chi connectivity index (χ0) is 21.7. The molecule has 0 unspecified atom stereocenters. The number of β-amino-alcohol motifs (C(OH)–C–C–N with tert-alkyl or cyclic N) is 1. The summed E-state index contributed by atoms with van der Waals surface area (Å²) in [4.78, 5) is 42.5. The zero-order valence-corrected chi connectivity index (χ0v) is 17.8. The lowest BCUT2D eigenvalue weighted by molar-refractivity contribution is -0.155. The maximum atomic E-state index is 13.2. The SMILES string of the molecule is CCOC(=O)[C@H]1[C@@H]2C(=O)N(CCO)[C@H](C(=O)NCCN3CCOCC3)[C@H]2C=C[C@H]1C. The molecule has 2 aliphatic heterocycles. The summed E-state index contributed by atoms with van der Waals surface area (Å²) in [7, 11) is 0. The van der Waals surface area contributed by atoms with Gasteiger partial charge in [0.1, 0.15) is 6.04 Å². The Bertz CT molecular complexity index is 663. The smallest absolute Gasteiger partial charge is 0.310 e. The highest BCUT2D eigenvalue weighted by molar-refractivity contribution is 5.96. The fourth-order valence-corrected chi connectivity index (χ4v) is 4.81. The molecular formula is C21H33N3O6. The number of fused-ring (bicyclic) bond motifs is 1. The quantitative estimate of drug-likeness (QED) is 0.391. The molecule has 2 heterocycles. The molecule has 0 aromatic rings. The summed E-state index contributed by atoms with van der Waals surface area (Å²) in [5.41, 5.74) is 0. The number of carbonyl (C=O) groups excluding carboxylic acids is 3. The number of ether oxygens (including phenoxy) is 2. The maximum Gasteiger partial charge on any atom is 0.310 e. The lowest BCUT2D eigenvalue weighted by atomic mass is 9.70. The van der Waals surface area contributed by atoms with Crippen LogP contribution in [0.2, 0.25) is 0 Å². The van der Waals surface area contributed by atoms with Gasteiger partial charge in [0.2, 0.25) is 11.8 Å². The van der Waals surface area contributed by atoms with Crippen molar-refractivity contribution in [2.24, 2.45) is 23.7 Å². The Morgan fingerprint density at radius 2 is 2.00 bits per heavy atom. The number of allylic oxidation sites excluding steroid dienone is 1. The van der Waals surface area contributed by atoms with Gasteiger partial charge in [-0.2, -0.15) is 0 Å². The van der Waals surface area contributed by atoms with Gasteiger partial charge in [0.25, 0.3) is 0 Å². The van der Waals surface area contributed by atoms with Gasteiger partial charge >= 0.3 is 5.97 Å². The zero-order valence-electron chi connectivity index (χ0n) is 17.8. The molecule has 2 amide bonds. The molecule has 2 N–H and O–H groups in total. The minimum Gasteiger partial charge on any atom is -0.466 e. The Labute approximate surface area is 177 Å². The van der Waals surface area contributed by atoms with Gasteiger partial charge in [0, 0.05) is 38.6 Å². The molecule has 0 aromatic carbocycles. The van der Waals surface area contributed by atoms with Crippen LogP contribution in [0.1, 0.15) is 13.8 Å². The molecule has 0 radical (unpaired) electrons. The van der Waals surface area contributed by atoms with Crippen molar-refractivity contribution in [1.29, 1.82) is 0 Å². The highest BCUT2D eigenvalue weighted by Crippen LogP contribution is 2.44. The van der Waals surface area contributed by atoms with Crippen LogP contribution >= 0.6 is 0 Å². The first-order valence-corrected chi connectivity index (χ1v) is 10.8. The Balaban J connectivity index is 1.73. The van der Waals surface area contributed by atoms with Crippen molar-refractivity contribution in [2.45, 2.75) is 19.9 Å². The Morgan fingerprint density at radius 3 is 2.67 bits per heavy atom. The third kappa shape index (κ3) is 4.68. The molecule has 0 saturated carbocycles. The van der Waals surface area contributed by atoms with E-state index in [0.717, 1.165) is 13.1 Å². The first-order chi connectivity index (χ1) is 14.5. The largest absolute Gasteiger partial charge is 0.466 e. The number of hydrogen-bond acceptors (Lipinski definition) is 7. The van der Waals surface area contributed by atoms with Crippen LogP contribution in [0.25, 0.3) is 0 Å². The van der Waals surface area contributed by atoms with E-state index < -0.39 is 29.8 Å². The predicted octanol–water partition coefficient (Wildman–Crippen LogP) is -0.744. The summed E-state index contributed by atoms with van der Waals surface area (Å²) in [5, 5.41) is 12.4. The molecule has 3 rings (SSSR count). The average Bonchev–Trinajstić information content (AvgIpc) is 3.01. The van der Waals surface area contributed by atoms with Crippen LogP contribution in [0.15, 0.2) is 12.2 Å². The third-order valence-electron chi connectivity index (χ3n) is 6.27. The van der Waals surface area contributed by atoms with Crippen molar-refractivity contribution in [1.82, 2.24) is 15.1 Å². The monoisotopic (exact) mass is 423 g/mol. The molecule has 0 spiro atoms. The molecule has 30 heavy (non-hydrogen) atoms. The first kappa shape index (κ1) is 22.7. The number of aliphatic hydroxyl groups excluding tert-OH is 1. The van der Waals surface area contributed by atoms with E-state index in [2.05, 4.69) is 10.2 Å². The van der Waals surface area contributed by atoms with Crippen LogP contribution in [0.3, 0.4) is 0 Å². The second-order valence-corrected chi connectivity index (χ2v) is 8.07. The topological polar surface area (TPSA) is 108 Å². The van der Waals surface area contributed by atoms with E-state index >= 15 is 0 Å². The number of esters is 1. The van der Waals surface area contributed by atoms with Gasteiger partial charge in [-0.3, -0.25) is 19.3 Å². The second-order valence-electron chi connectivity index (χ2n) is 8.07. The number of rotatable bonds is 8. The van der Waals surface area contributed by atoms with Crippen molar-refractivity contribution in [3.05, 3.63) is 12.2 Å². The Kier molecular flexibility index (Phi) is 7.85. The van der Waals surface area contributed by atoms with Crippen molar-refractivity contribution in [3.63, 3.8) is 0 Å². The van der Waals surface area contributed by atoms with Gasteiger partial charge < -0.3 is 24.8 Å². The lowest BCUT2D eigenvalue weighted by Crippen LogP contribution is -2.50. The molecule has 2 fully saturated rings. The number of amides is 2. The number of carbonyl (C=O) groups is 3. The number of likely N-dealkylation sites (tertiary alicyclic amines) is 1. The number of nitrogens with one attached hydrogen (secondary N) is 1. The van der Waals surface area contributed by atoms with Gasteiger partial charge in [0.15, 0.2) is 0 Å². The highest BCUT2D eigenvalue weighted by Gasteiger charge is 2.56. The van der Waals surface area contributed by atoms with Gasteiger partial charge in [-0.05, 0) is 12.8 Å². The molecule has 0 bridgehead atoms. The molecule has 2 saturated heterocycles. The molecule has 0 aromatic heterocycles. The summed E-state index contributed by atoms with van der Waals surface area (Å²) >= 11 is 0. The van der Waals surface area contributed by atoms with Gasteiger partial charge in [-0.15, -0.1) is 0 Å². The summed E-state index contributed by atoms with van der Waals surface area (Å²) < 4.78 is 10.6. The molecule has 168 valence electrons. The fraction of sp³-hybridized carbons (Fsp3) is 0.762. The van der Waals surface area contributed by atoms with Crippen LogP contribution in [0.4, 0.5) is 0 Å². The van der Waals surface area contributed by atoms with E-state index in [1.54, 1.807) is 6.92 Å². The van der Waals surface area contributed by atoms with E-state index in [9.17, 15) is 19.5 Å². The van der Waals surface area contributed by atoms with E-state index in [4.69, 9.17) is 9.47 Å². The van der Waals surface area contributed by atoms with Crippen molar-refractivity contribution < 1.29 is 29.0 Å². The fourth-order valence-electron chi connectivity index (χ4n) is 4.81. The summed E-state index contributed by atoms with van der Waals surface area (Å²) in [6.07, 6.45) is 3.78. The van der Waals surface area contributed by atoms with E-state index in [0.29, 0.717) is 26.3 Å². The van der Waals surface area contributed by atoms with Crippen LogP contribution in [0.5, 0.6) is 0 Å². The number of hydrogen-bond donors (Lipinski definition) is 2. The Morgan fingerprint density at radius 1 is 1.27 bits per heavy atom. The molecule has 3 aliphatic rings. The number of aliphatic hydroxyl groups is 1. The average molecular weight is 424 g/mol. The molecule has 9 nitrogen and oxygen atoms in total. The number of nitrogens with zero attached hydrogens (tertiary/aromatic N) is 2. The lowest BCUT2D eigenvalue weighted by Gasteiger charge is -2.32. The van der Waals surface area contributed by atoms with E-state index in [1.165, 1.54) is 4.90 Å². The van der Waals surface area contributed by atoms with Crippen LogP contribution in [-0.4, -0.2) is 97.9 Å². The summed E-state index contributed by atoms with van der Waals surface area (Å²) in [5.74, 6) is -2.78. The van der Waals surface area contributed by atoms with Crippen molar-refractivity contribution in [3.8, 4) is 0 Å². The first-order valence-electron chi connectivity index (χ1n) is 10.8. The minimum absolute atomic E-state index is 0.0607. The molecule has 9 heteroatoms. The van der Waals surface area contributed by atoms with E-state index in [1.807, 2.05) is 19.1 Å². The standard InChI is InChI=1S/C21H33N3O6/c1-3-30-21(28)16-14(2)4-5-15-17(16)20(27)24(8-11-25)18(15)19(26)22-6-7-23-9-12-29-13-10-23/h4-5,14-18,25H,3,6-13H2,1-2H3,(H,22,26)/t14-,15+,16-,17-,18+/m1/s1. The Hall–Kier alpha value is -1.97. The van der Waals surface area contributed by atoms with Crippen LogP contribution < -0.4 is 5.32 Å². The predicted molar refractivity (Wildman–Crippen MR) is 108 cm³/mol.